The number of aromatic nitrogens is 2. The van der Waals surface area contributed by atoms with Crippen molar-refractivity contribution in [3.05, 3.63) is 87.7 Å². The predicted octanol–water partition coefficient (Wildman–Crippen LogP) is 4.92. The molecule has 0 atom stereocenters. The van der Waals surface area contributed by atoms with Crippen LogP contribution in [0, 0.1) is 22.7 Å². The minimum Gasteiger partial charge on any atom is -0.306 e. The fraction of sp³-hybridized carbons (Fsp3) is 0. The summed E-state index contributed by atoms with van der Waals surface area (Å²) in [4.78, 5) is 16.5. The quantitative estimate of drug-likeness (QED) is 0.463. The van der Waals surface area contributed by atoms with E-state index in [0.717, 1.165) is 16.7 Å². The number of nitrogens with one attached hydrogen (secondary N) is 1. The molecule has 0 spiro atoms. The molecule has 0 amide bonds. The number of benzene rings is 2. The Hall–Kier alpha value is -4.13. The molecule has 6 heteroatoms. The van der Waals surface area contributed by atoms with Gasteiger partial charge in [0.2, 0.25) is 0 Å². The first-order valence-corrected chi connectivity index (χ1v) is 9.75. The minimum absolute atomic E-state index is 0.272. The molecule has 0 saturated heterocycles. The number of rotatable bonds is 2. The second-order valence-electron chi connectivity index (χ2n) is 6.52. The molecule has 136 valence electrons. The Morgan fingerprint density at radius 3 is 2.17 bits per heavy atom. The summed E-state index contributed by atoms with van der Waals surface area (Å²) in [6.07, 6.45) is 0. The van der Waals surface area contributed by atoms with E-state index in [4.69, 9.17) is 0 Å². The Bertz CT molecular complexity index is 1530. The molecule has 5 aromatic rings. The molecule has 0 radical (unpaired) electrons. The number of hydrogen-bond donors (Lipinski definition) is 1. The number of hydrogen-bond acceptors (Lipinski definition) is 4. The third-order valence-corrected chi connectivity index (χ3v) is 5.93. The van der Waals surface area contributed by atoms with Crippen molar-refractivity contribution in [1.29, 1.82) is 10.5 Å². The van der Waals surface area contributed by atoms with Crippen molar-refractivity contribution in [3.8, 4) is 34.4 Å². The highest BCUT2D eigenvalue weighted by Crippen LogP contribution is 2.37. The maximum absolute atomic E-state index is 13.0. The van der Waals surface area contributed by atoms with E-state index >= 15 is 0 Å². The molecule has 0 aliphatic heterocycles. The van der Waals surface area contributed by atoms with Crippen molar-refractivity contribution >= 4 is 27.2 Å². The van der Waals surface area contributed by atoms with Gasteiger partial charge < -0.3 is 4.98 Å². The lowest BCUT2D eigenvalue weighted by molar-refractivity contribution is 1.15. The Morgan fingerprint density at radius 2 is 1.55 bits per heavy atom. The van der Waals surface area contributed by atoms with Crippen LogP contribution in [0.1, 0.15) is 11.3 Å². The molecule has 0 fully saturated rings. The third kappa shape index (κ3) is 2.41. The summed E-state index contributed by atoms with van der Waals surface area (Å²) in [5, 5.41) is 22.3. The van der Waals surface area contributed by atoms with E-state index in [2.05, 4.69) is 17.1 Å². The van der Waals surface area contributed by atoms with Crippen LogP contribution in [0.4, 0.5) is 0 Å². The maximum Gasteiger partial charge on any atom is 0.260 e. The van der Waals surface area contributed by atoms with Gasteiger partial charge >= 0.3 is 0 Å². The van der Waals surface area contributed by atoms with Gasteiger partial charge in [-0.3, -0.25) is 9.20 Å². The van der Waals surface area contributed by atoms with Crippen molar-refractivity contribution in [2.45, 2.75) is 0 Å². The van der Waals surface area contributed by atoms with E-state index in [1.165, 1.54) is 11.3 Å². The van der Waals surface area contributed by atoms with Crippen molar-refractivity contribution in [2.24, 2.45) is 0 Å². The first-order chi connectivity index (χ1) is 14.2. The van der Waals surface area contributed by atoms with Crippen molar-refractivity contribution in [2.75, 3.05) is 0 Å². The second kappa shape index (κ2) is 6.49. The van der Waals surface area contributed by atoms with Gasteiger partial charge in [-0.15, -0.1) is 11.3 Å². The summed E-state index contributed by atoms with van der Waals surface area (Å²) in [6.45, 7) is 0. The minimum atomic E-state index is -0.272. The summed E-state index contributed by atoms with van der Waals surface area (Å²) in [5.41, 5.74) is 3.75. The fourth-order valence-corrected chi connectivity index (χ4v) is 4.82. The van der Waals surface area contributed by atoms with Gasteiger partial charge in [-0.25, -0.2) is 0 Å². The zero-order valence-corrected chi connectivity index (χ0v) is 15.8. The highest BCUT2D eigenvalue weighted by Gasteiger charge is 2.24. The van der Waals surface area contributed by atoms with Crippen LogP contribution in [-0.4, -0.2) is 9.38 Å². The number of fused-ring (bicyclic) bond motifs is 3. The van der Waals surface area contributed by atoms with Crippen LogP contribution in [-0.2, 0) is 0 Å². The molecule has 1 N–H and O–H groups in total. The number of thiophene rings is 1. The molecule has 5 nitrogen and oxygen atoms in total. The normalized spacial score (nSPS) is 10.8. The van der Waals surface area contributed by atoms with Crippen LogP contribution in [0.5, 0.6) is 0 Å². The van der Waals surface area contributed by atoms with Crippen LogP contribution < -0.4 is 5.56 Å². The van der Waals surface area contributed by atoms with E-state index in [-0.39, 0.29) is 5.56 Å². The Kier molecular flexibility index (Phi) is 3.80. The number of aromatic amines is 1. The molecule has 29 heavy (non-hydrogen) atoms. The van der Waals surface area contributed by atoms with E-state index in [1.807, 2.05) is 66.0 Å². The lowest BCUT2D eigenvalue weighted by Crippen LogP contribution is -2.09. The first-order valence-electron chi connectivity index (χ1n) is 8.87. The van der Waals surface area contributed by atoms with Crippen LogP contribution in [0.3, 0.4) is 0 Å². The molecule has 3 aromatic heterocycles. The summed E-state index contributed by atoms with van der Waals surface area (Å²) >= 11 is 1.39. The van der Waals surface area contributed by atoms with Crippen LogP contribution in [0.25, 0.3) is 38.1 Å². The highest BCUT2D eigenvalue weighted by atomic mass is 32.1. The average molecular weight is 392 g/mol. The van der Waals surface area contributed by atoms with Gasteiger partial charge in [0.1, 0.15) is 33.9 Å². The molecule has 2 aromatic carbocycles. The topological polar surface area (TPSA) is 84.8 Å². The van der Waals surface area contributed by atoms with Crippen molar-refractivity contribution in [3.63, 3.8) is 0 Å². The van der Waals surface area contributed by atoms with E-state index in [9.17, 15) is 15.3 Å². The van der Waals surface area contributed by atoms with E-state index in [0.29, 0.717) is 32.7 Å². The molecule has 3 heterocycles. The summed E-state index contributed by atoms with van der Waals surface area (Å²) in [5.74, 6) is 0. The molecule has 5 rings (SSSR count). The van der Waals surface area contributed by atoms with Crippen LogP contribution >= 0.6 is 11.3 Å². The standard InChI is InChI=1S/C23H12N4OS/c24-11-16-19(15-9-5-2-6-10-15)18(12-25)27-21(16)26-22(28)20-17(13-29-23(20)27)14-7-3-1-4-8-14/h1-10,13H,(H,26,28). The van der Waals surface area contributed by atoms with Gasteiger partial charge in [0.05, 0.1) is 5.39 Å². The SMILES string of the molecule is N#Cc1c(-c2ccccc2)c(C#N)n2c1[nH]c(=O)c1c(-c3ccccc3)csc12. The zero-order chi connectivity index (χ0) is 20.0. The number of nitrogens with zero attached hydrogens (tertiary/aromatic N) is 3. The third-order valence-electron chi connectivity index (χ3n) is 4.97. The molecule has 0 bridgehead atoms. The molecule has 0 unspecified atom stereocenters. The second-order valence-corrected chi connectivity index (χ2v) is 7.38. The first kappa shape index (κ1) is 17.0. The smallest absolute Gasteiger partial charge is 0.260 e. The van der Waals surface area contributed by atoms with Crippen LogP contribution in [0.15, 0.2) is 70.8 Å². The predicted molar refractivity (Wildman–Crippen MR) is 114 cm³/mol. The number of nitriles is 2. The summed E-state index contributed by atoms with van der Waals surface area (Å²) < 4.78 is 1.70. The lowest BCUT2D eigenvalue weighted by atomic mass is 10.0. The fourth-order valence-electron chi connectivity index (χ4n) is 3.73. The zero-order valence-electron chi connectivity index (χ0n) is 15.0. The molecule has 0 aliphatic carbocycles. The van der Waals surface area contributed by atoms with Crippen LogP contribution in [0.2, 0.25) is 0 Å². The molecule has 0 saturated carbocycles. The Morgan fingerprint density at radius 1 is 0.897 bits per heavy atom. The Balaban J connectivity index is 1.97. The number of H-pyrrole nitrogens is 1. The van der Waals surface area contributed by atoms with E-state index < -0.39 is 0 Å². The molecule has 0 aliphatic rings. The van der Waals surface area contributed by atoms with Gasteiger partial charge in [0.15, 0.2) is 0 Å². The highest BCUT2D eigenvalue weighted by molar-refractivity contribution is 7.17. The van der Waals surface area contributed by atoms with Gasteiger partial charge in [-0.05, 0) is 11.1 Å². The molecular formula is C23H12N4OS. The lowest BCUT2D eigenvalue weighted by Gasteiger charge is -2.02. The van der Waals surface area contributed by atoms with E-state index in [1.54, 1.807) is 4.40 Å². The van der Waals surface area contributed by atoms with Crippen molar-refractivity contribution in [1.82, 2.24) is 9.38 Å². The van der Waals surface area contributed by atoms with Gasteiger partial charge in [-0.2, -0.15) is 10.5 Å². The summed E-state index contributed by atoms with van der Waals surface area (Å²) in [6, 6.07) is 23.4. The van der Waals surface area contributed by atoms with Gasteiger partial charge in [-0.1, -0.05) is 60.7 Å². The van der Waals surface area contributed by atoms with Gasteiger partial charge in [0.25, 0.3) is 5.56 Å². The average Bonchev–Trinajstić information content (AvgIpc) is 3.34. The Labute approximate surface area is 169 Å². The monoisotopic (exact) mass is 392 g/mol. The summed E-state index contributed by atoms with van der Waals surface area (Å²) in [7, 11) is 0. The molecular weight excluding hydrogens is 380 g/mol. The van der Waals surface area contributed by atoms with Gasteiger partial charge in [0, 0.05) is 16.5 Å². The largest absolute Gasteiger partial charge is 0.306 e. The van der Waals surface area contributed by atoms with Crippen molar-refractivity contribution < 1.29 is 0 Å². The maximum atomic E-state index is 13.0.